The standard InChI is InChI=1S/C23H33N5O2S/c1-16(2)15-20-26-27-23(31-20)22(30)25-18-11-9-17(10-12-18)21(29)24-13-14-28(3)19-7-5-4-6-8-19/h9-12,16,19H,4-8,13-15H2,1-3H3,(H,24,29)(H,25,30). The number of anilines is 1. The van der Waals surface area contributed by atoms with Crippen LogP contribution in [0.5, 0.6) is 0 Å². The van der Waals surface area contributed by atoms with Crippen molar-refractivity contribution in [2.24, 2.45) is 5.92 Å². The first-order valence-corrected chi connectivity index (χ1v) is 12.0. The van der Waals surface area contributed by atoms with Crippen molar-refractivity contribution in [3.63, 3.8) is 0 Å². The van der Waals surface area contributed by atoms with Crippen molar-refractivity contribution in [2.75, 3.05) is 25.5 Å². The van der Waals surface area contributed by atoms with Crippen LogP contribution in [0.1, 0.15) is 71.1 Å². The number of carbonyl (C=O) groups is 2. The van der Waals surface area contributed by atoms with Gasteiger partial charge < -0.3 is 15.5 Å². The zero-order valence-corrected chi connectivity index (χ0v) is 19.5. The van der Waals surface area contributed by atoms with Crippen LogP contribution in [-0.2, 0) is 6.42 Å². The summed E-state index contributed by atoms with van der Waals surface area (Å²) in [5.41, 5.74) is 1.20. The lowest BCUT2D eigenvalue weighted by molar-refractivity contribution is 0.0944. The van der Waals surface area contributed by atoms with Gasteiger partial charge in [0.2, 0.25) is 5.01 Å². The summed E-state index contributed by atoms with van der Waals surface area (Å²) in [4.78, 5) is 27.2. The molecule has 2 aromatic rings. The number of nitrogens with one attached hydrogen (secondary N) is 2. The molecule has 0 aliphatic heterocycles. The van der Waals surface area contributed by atoms with Crippen molar-refractivity contribution in [1.29, 1.82) is 0 Å². The maximum Gasteiger partial charge on any atom is 0.286 e. The smallest absolute Gasteiger partial charge is 0.286 e. The number of benzene rings is 1. The molecule has 8 heteroatoms. The summed E-state index contributed by atoms with van der Waals surface area (Å²) in [6, 6.07) is 7.55. The normalized spacial score (nSPS) is 14.7. The first kappa shape index (κ1) is 23.3. The van der Waals surface area contributed by atoms with Crippen LogP contribution in [0.3, 0.4) is 0 Å². The van der Waals surface area contributed by atoms with Gasteiger partial charge in [0.1, 0.15) is 5.01 Å². The van der Waals surface area contributed by atoms with Gasteiger partial charge in [0.15, 0.2) is 0 Å². The highest BCUT2D eigenvalue weighted by Crippen LogP contribution is 2.21. The highest BCUT2D eigenvalue weighted by atomic mass is 32.1. The van der Waals surface area contributed by atoms with Gasteiger partial charge >= 0.3 is 0 Å². The monoisotopic (exact) mass is 443 g/mol. The Balaban J connectivity index is 1.45. The molecule has 1 aliphatic carbocycles. The van der Waals surface area contributed by atoms with E-state index in [1.54, 1.807) is 24.3 Å². The molecule has 168 valence electrons. The SMILES string of the molecule is CC(C)Cc1nnc(C(=O)Nc2ccc(C(=O)NCCN(C)C3CCCCC3)cc2)s1. The molecule has 0 bridgehead atoms. The van der Waals surface area contributed by atoms with Crippen LogP contribution >= 0.6 is 11.3 Å². The number of hydrogen-bond donors (Lipinski definition) is 2. The Labute approximate surface area is 188 Å². The Hall–Kier alpha value is -2.32. The number of carbonyl (C=O) groups excluding carboxylic acids is 2. The molecule has 0 atom stereocenters. The van der Waals surface area contributed by atoms with Crippen LogP contribution in [0.15, 0.2) is 24.3 Å². The number of nitrogens with zero attached hydrogens (tertiary/aromatic N) is 3. The van der Waals surface area contributed by atoms with Gasteiger partial charge in [0, 0.05) is 36.8 Å². The molecule has 0 spiro atoms. The van der Waals surface area contributed by atoms with E-state index >= 15 is 0 Å². The Morgan fingerprint density at radius 3 is 2.48 bits per heavy atom. The van der Waals surface area contributed by atoms with E-state index in [1.165, 1.54) is 43.4 Å². The van der Waals surface area contributed by atoms with Crippen LogP contribution in [0.25, 0.3) is 0 Å². The lowest BCUT2D eigenvalue weighted by Gasteiger charge is -2.31. The summed E-state index contributed by atoms with van der Waals surface area (Å²) in [5.74, 6) is 0.0861. The van der Waals surface area contributed by atoms with Crippen LogP contribution in [-0.4, -0.2) is 53.1 Å². The maximum absolute atomic E-state index is 12.4. The number of likely N-dealkylation sites (N-methyl/N-ethyl adjacent to an activating group) is 1. The quantitative estimate of drug-likeness (QED) is 0.612. The van der Waals surface area contributed by atoms with E-state index in [0.717, 1.165) is 18.0 Å². The number of rotatable bonds is 9. The summed E-state index contributed by atoms with van der Waals surface area (Å²) in [5, 5.41) is 15.1. The molecule has 1 heterocycles. The predicted molar refractivity (Wildman–Crippen MR) is 125 cm³/mol. The molecule has 1 aromatic heterocycles. The van der Waals surface area contributed by atoms with Gasteiger partial charge in [-0.05, 0) is 50.1 Å². The molecule has 7 nitrogen and oxygen atoms in total. The lowest BCUT2D eigenvalue weighted by atomic mass is 9.94. The summed E-state index contributed by atoms with van der Waals surface area (Å²) in [6.07, 6.45) is 7.29. The van der Waals surface area contributed by atoms with Crippen LogP contribution < -0.4 is 10.6 Å². The van der Waals surface area contributed by atoms with Crippen LogP contribution in [0.2, 0.25) is 0 Å². The van der Waals surface area contributed by atoms with Gasteiger partial charge in [-0.25, -0.2) is 0 Å². The molecule has 1 aliphatic rings. The van der Waals surface area contributed by atoms with Gasteiger partial charge in [-0.1, -0.05) is 44.4 Å². The van der Waals surface area contributed by atoms with Crippen molar-refractivity contribution in [3.05, 3.63) is 39.8 Å². The lowest BCUT2D eigenvalue weighted by Crippen LogP contribution is -2.39. The molecule has 0 unspecified atom stereocenters. The molecule has 0 saturated heterocycles. The minimum absolute atomic E-state index is 0.0997. The second-order valence-corrected chi connectivity index (χ2v) is 9.72. The molecular formula is C23H33N5O2S. The largest absolute Gasteiger partial charge is 0.351 e. The molecule has 2 N–H and O–H groups in total. The van der Waals surface area contributed by atoms with Crippen LogP contribution in [0.4, 0.5) is 5.69 Å². The van der Waals surface area contributed by atoms with Gasteiger partial charge in [0.25, 0.3) is 11.8 Å². The number of hydrogen-bond acceptors (Lipinski definition) is 6. The molecular weight excluding hydrogens is 410 g/mol. The highest BCUT2D eigenvalue weighted by molar-refractivity contribution is 7.13. The average molecular weight is 444 g/mol. The third kappa shape index (κ3) is 7.11. The molecule has 1 aromatic carbocycles. The van der Waals surface area contributed by atoms with E-state index in [0.29, 0.717) is 34.8 Å². The van der Waals surface area contributed by atoms with E-state index in [9.17, 15) is 9.59 Å². The predicted octanol–water partition coefficient (Wildman–Crippen LogP) is 3.98. The van der Waals surface area contributed by atoms with Gasteiger partial charge in [-0.15, -0.1) is 10.2 Å². The van der Waals surface area contributed by atoms with Crippen molar-refractivity contribution < 1.29 is 9.59 Å². The molecule has 2 amide bonds. The first-order chi connectivity index (χ1) is 14.9. The van der Waals surface area contributed by atoms with Gasteiger partial charge in [-0.2, -0.15) is 0 Å². The van der Waals surface area contributed by atoms with E-state index < -0.39 is 0 Å². The van der Waals surface area contributed by atoms with Crippen molar-refractivity contribution >= 4 is 28.8 Å². The second kappa shape index (κ2) is 11.3. The minimum atomic E-state index is -0.282. The summed E-state index contributed by atoms with van der Waals surface area (Å²) in [6.45, 7) is 5.69. The molecule has 0 radical (unpaired) electrons. The Morgan fingerprint density at radius 1 is 1.10 bits per heavy atom. The average Bonchev–Trinajstić information content (AvgIpc) is 3.22. The van der Waals surface area contributed by atoms with Crippen molar-refractivity contribution in [3.8, 4) is 0 Å². The summed E-state index contributed by atoms with van der Waals surface area (Å²) >= 11 is 1.32. The highest BCUT2D eigenvalue weighted by Gasteiger charge is 2.18. The number of amides is 2. The second-order valence-electron chi connectivity index (χ2n) is 8.66. The molecule has 3 rings (SSSR count). The van der Waals surface area contributed by atoms with E-state index in [1.807, 2.05) is 0 Å². The van der Waals surface area contributed by atoms with E-state index in [-0.39, 0.29) is 11.8 Å². The Bertz CT molecular complexity index is 859. The van der Waals surface area contributed by atoms with E-state index in [4.69, 9.17) is 0 Å². The van der Waals surface area contributed by atoms with E-state index in [2.05, 4.69) is 46.6 Å². The van der Waals surface area contributed by atoms with Crippen molar-refractivity contribution in [2.45, 2.75) is 58.4 Å². The third-order valence-electron chi connectivity index (χ3n) is 5.60. The fraction of sp³-hybridized carbons (Fsp3) is 0.565. The zero-order chi connectivity index (χ0) is 22.2. The molecule has 31 heavy (non-hydrogen) atoms. The van der Waals surface area contributed by atoms with Crippen LogP contribution in [0, 0.1) is 5.92 Å². The fourth-order valence-electron chi connectivity index (χ4n) is 3.82. The maximum atomic E-state index is 12.4. The Kier molecular flexibility index (Phi) is 8.54. The Morgan fingerprint density at radius 2 is 1.81 bits per heavy atom. The first-order valence-electron chi connectivity index (χ1n) is 11.1. The van der Waals surface area contributed by atoms with Crippen molar-refractivity contribution in [1.82, 2.24) is 20.4 Å². The summed E-state index contributed by atoms with van der Waals surface area (Å²) < 4.78 is 0. The fourth-order valence-corrected chi connectivity index (χ4v) is 4.77. The summed E-state index contributed by atoms with van der Waals surface area (Å²) in [7, 11) is 2.14. The molecule has 1 saturated carbocycles. The number of aromatic nitrogens is 2. The van der Waals surface area contributed by atoms with Gasteiger partial charge in [0.05, 0.1) is 0 Å². The minimum Gasteiger partial charge on any atom is -0.351 e. The third-order valence-corrected chi connectivity index (χ3v) is 6.54. The topological polar surface area (TPSA) is 87.2 Å². The van der Waals surface area contributed by atoms with Gasteiger partial charge in [-0.3, -0.25) is 9.59 Å². The zero-order valence-electron chi connectivity index (χ0n) is 18.7. The molecule has 1 fully saturated rings.